The largest absolute Gasteiger partial charge is 0.332 e. The lowest BCUT2D eigenvalue weighted by Crippen LogP contribution is -2.41. The Morgan fingerprint density at radius 2 is 1.74 bits per heavy atom. The van der Waals surface area contributed by atoms with Crippen LogP contribution < -0.4 is 11.2 Å². The maximum Gasteiger partial charge on any atom is 0.332 e. The second-order valence-electron chi connectivity index (χ2n) is 8.99. The summed E-state index contributed by atoms with van der Waals surface area (Å²) >= 11 is 0. The number of hydrogen-bond donors (Lipinski definition) is 0. The van der Waals surface area contributed by atoms with E-state index < -0.39 is 0 Å². The Balaban J connectivity index is 1.27. The normalized spacial score (nSPS) is 15.7. The second-order valence-corrected chi connectivity index (χ2v) is 8.99. The van der Waals surface area contributed by atoms with Crippen LogP contribution >= 0.6 is 0 Å². The summed E-state index contributed by atoms with van der Waals surface area (Å²) in [6.45, 7) is 5.70. The van der Waals surface area contributed by atoms with E-state index in [1.54, 1.807) is 25.0 Å². The maximum absolute atomic E-state index is 12.8. The molecule has 0 bridgehead atoms. The van der Waals surface area contributed by atoms with Crippen LogP contribution in [-0.2, 0) is 27.1 Å². The predicted octanol–water partition coefficient (Wildman–Crippen LogP) is 2.48. The smallest absolute Gasteiger partial charge is 0.328 e. The molecule has 1 aromatic carbocycles. The fraction of sp³-hybridized carbons (Fsp3) is 0.542. The first-order valence-electron chi connectivity index (χ1n) is 11.3. The molecule has 0 spiro atoms. The van der Waals surface area contributed by atoms with Crippen molar-refractivity contribution in [2.24, 2.45) is 20.0 Å². The number of fused-ring (bicyclic) bond motifs is 1. The molecule has 31 heavy (non-hydrogen) atoms. The van der Waals surface area contributed by atoms with E-state index in [2.05, 4.69) is 41.1 Å². The molecular formula is C24H33N5O2. The van der Waals surface area contributed by atoms with Crippen LogP contribution in [0.3, 0.4) is 0 Å². The zero-order chi connectivity index (χ0) is 22.0. The zero-order valence-electron chi connectivity index (χ0n) is 18.9. The van der Waals surface area contributed by atoms with Gasteiger partial charge in [-0.1, -0.05) is 29.8 Å². The molecular weight excluding hydrogens is 390 g/mol. The van der Waals surface area contributed by atoms with Crippen LogP contribution in [-0.4, -0.2) is 43.2 Å². The van der Waals surface area contributed by atoms with Crippen molar-refractivity contribution in [1.82, 2.24) is 23.6 Å². The van der Waals surface area contributed by atoms with Crippen LogP contribution in [0.1, 0.15) is 36.8 Å². The minimum atomic E-state index is -0.286. The van der Waals surface area contributed by atoms with Gasteiger partial charge in [-0.15, -0.1) is 0 Å². The Bertz CT molecular complexity index is 1150. The van der Waals surface area contributed by atoms with Gasteiger partial charge in [-0.3, -0.25) is 13.9 Å². The molecule has 166 valence electrons. The van der Waals surface area contributed by atoms with Gasteiger partial charge in [0.25, 0.3) is 5.56 Å². The topological polar surface area (TPSA) is 65.1 Å². The Labute approximate surface area is 182 Å². The van der Waals surface area contributed by atoms with Crippen molar-refractivity contribution < 1.29 is 0 Å². The highest BCUT2D eigenvalue weighted by atomic mass is 16.2. The predicted molar refractivity (Wildman–Crippen MR) is 123 cm³/mol. The summed E-state index contributed by atoms with van der Waals surface area (Å²) in [5.74, 6) is 0.791. The zero-order valence-corrected chi connectivity index (χ0v) is 18.9. The molecule has 0 unspecified atom stereocenters. The van der Waals surface area contributed by atoms with E-state index in [0.29, 0.717) is 17.7 Å². The summed E-state index contributed by atoms with van der Waals surface area (Å²) in [7, 11) is 3.46. The van der Waals surface area contributed by atoms with Crippen LogP contribution in [0.5, 0.6) is 0 Å². The molecule has 4 rings (SSSR count). The Morgan fingerprint density at radius 1 is 1.03 bits per heavy atom. The van der Waals surface area contributed by atoms with Gasteiger partial charge in [0.2, 0.25) is 0 Å². The van der Waals surface area contributed by atoms with Gasteiger partial charge in [-0.2, -0.15) is 0 Å². The molecule has 0 radical (unpaired) electrons. The van der Waals surface area contributed by atoms with Crippen molar-refractivity contribution in [2.45, 2.75) is 45.6 Å². The molecule has 2 aromatic heterocycles. The van der Waals surface area contributed by atoms with Crippen LogP contribution in [0.2, 0.25) is 0 Å². The second kappa shape index (κ2) is 9.22. The third kappa shape index (κ3) is 4.66. The molecule has 1 saturated heterocycles. The number of imidazole rings is 1. The molecule has 7 nitrogen and oxygen atoms in total. The Kier molecular flexibility index (Phi) is 6.41. The lowest BCUT2D eigenvalue weighted by atomic mass is 9.90. The third-order valence-corrected chi connectivity index (χ3v) is 6.73. The highest BCUT2D eigenvalue weighted by molar-refractivity contribution is 5.69. The standard InChI is InChI=1S/C24H33N5O2/c1-18-5-7-19(8-6-18)9-10-20-11-15-28(16-12-20)13-4-14-29-23(30)21-22(25-17-26(21)2)27(3)24(29)31/h5-8,17,20H,4,9-16H2,1-3H3. The summed E-state index contributed by atoms with van der Waals surface area (Å²) in [5.41, 5.74) is 3.15. The van der Waals surface area contributed by atoms with E-state index in [9.17, 15) is 9.59 Å². The highest BCUT2D eigenvalue weighted by Crippen LogP contribution is 2.22. The quantitative estimate of drug-likeness (QED) is 0.586. The number of aromatic nitrogens is 4. The summed E-state index contributed by atoms with van der Waals surface area (Å²) in [5, 5.41) is 0. The molecule has 3 heterocycles. The summed E-state index contributed by atoms with van der Waals surface area (Å²) in [6.07, 6.45) is 7.26. The third-order valence-electron chi connectivity index (χ3n) is 6.73. The molecule has 0 aliphatic carbocycles. The number of hydrogen-bond acceptors (Lipinski definition) is 4. The molecule has 0 N–H and O–H groups in total. The van der Waals surface area contributed by atoms with Crippen LogP contribution in [0, 0.1) is 12.8 Å². The number of aryl methyl sites for hydroxylation is 4. The van der Waals surface area contributed by atoms with Crippen LogP contribution in [0.15, 0.2) is 40.2 Å². The number of piperidine rings is 1. The first-order valence-corrected chi connectivity index (χ1v) is 11.3. The molecule has 0 saturated carbocycles. The minimum Gasteiger partial charge on any atom is -0.328 e. The number of rotatable bonds is 7. The van der Waals surface area contributed by atoms with Gasteiger partial charge in [0.15, 0.2) is 11.2 Å². The molecule has 1 aliphatic rings. The van der Waals surface area contributed by atoms with Crippen molar-refractivity contribution in [1.29, 1.82) is 0 Å². The number of likely N-dealkylation sites (tertiary alicyclic amines) is 1. The van der Waals surface area contributed by atoms with Crippen molar-refractivity contribution in [3.05, 3.63) is 62.6 Å². The van der Waals surface area contributed by atoms with Gasteiger partial charge >= 0.3 is 5.69 Å². The van der Waals surface area contributed by atoms with Crippen LogP contribution in [0.25, 0.3) is 11.2 Å². The van der Waals surface area contributed by atoms with E-state index in [0.717, 1.165) is 38.4 Å². The fourth-order valence-corrected chi connectivity index (χ4v) is 4.67. The summed E-state index contributed by atoms with van der Waals surface area (Å²) < 4.78 is 4.52. The van der Waals surface area contributed by atoms with Gasteiger partial charge in [-0.05, 0) is 70.1 Å². The lowest BCUT2D eigenvalue weighted by molar-refractivity contribution is 0.175. The molecule has 1 aliphatic heterocycles. The fourth-order valence-electron chi connectivity index (χ4n) is 4.67. The van der Waals surface area contributed by atoms with Gasteiger partial charge in [0, 0.05) is 20.6 Å². The van der Waals surface area contributed by atoms with Crippen molar-refractivity contribution >= 4 is 11.2 Å². The number of benzene rings is 1. The van der Waals surface area contributed by atoms with E-state index in [1.165, 1.54) is 39.5 Å². The van der Waals surface area contributed by atoms with Gasteiger partial charge in [0.1, 0.15) is 0 Å². The van der Waals surface area contributed by atoms with E-state index in [1.807, 2.05) is 0 Å². The monoisotopic (exact) mass is 423 g/mol. The lowest BCUT2D eigenvalue weighted by Gasteiger charge is -2.32. The van der Waals surface area contributed by atoms with Crippen LogP contribution in [0.4, 0.5) is 0 Å². The van der Waals surface area contributed by atoms with Crippen molar-refractivity contribution in [2.75, 3.05) is 19.6 Å². The molecule has 1 fully saturated rings. The Hall–Kier alpha value is -2.67. The van der Waals surface area contributed by atoms with E-state index >= 15 is 0 Å². The average molecular weight is 424 g/mol. The minimum absolute atomic E-state index is 0.243. The SMILES string of the molecule is Cc1ccc(CCC2CCN(CCCn3c(=O)c4c(ncn4C)n(C)c3=O)CC2)cc1. The van der Waals surface area contributed by atoms with Gasteiger partial charge in [-0.25, -0.2) is 9.78 Å². The van der Waals surface area contributed by atoms with E-state index in [-0.39, 0.29) is 11.2 Å². The first-order chi connectivity index (χ1) is 14.9. The van der Waals surface area contributed by atoms with Crippen molar-refractivity contribution in [3.63, 3.8) is 0 Å². The number of nitrogens with zero attached hydrogens (tertiary/aromatic N) is 5. The highest BCUT2D eigenvalue weighted by Gasteiger charge is 2.19. The average Bonchev–Trinajstić information content (AvgIpc) is 3.17. The van der Waals surface area contributed by atoms with Crippen molar-refractivity contribution in [3.8, 4) is 0 Å². The van der Waals surface area contributed by atoms with Gasteiger partial charge < -0.3 is 9.47 Å². The van der Waals surface area contributed by atoms with Gasteiger partial charge in [0.05, 0.1) is 6.33 Å². The van der Waals surface area contributed by atoms with E-state index in [4.69, 9.17) is 0 Å². The molecule has 7 heteroatoms. The molecule has 0 atom stereocenters. The molecule has 3 aromatic rings. The Morgan fingerprint density at radius 3 is 2.45 bits per heavy atom. The maximum atomic E-state index is 12.8. The molecule has 0 amide bonds. The summed E-state index contributed by atoms with van der Waals surface area (Å²) in [6, 6.07) is 8.89. The first kappa shape index (κ1) is 21.6. The summed E-state index contributed by atoms with van der Waals surface area (Å²) in [4.78, 5) is 32.1.